The lowest BCUT2D eigenvalue weighted by Gasteiger charge is -2.45. The zero-order chi connectivity index (χ0) is 27.7. The second-order valence-corrected chi connectivity index (χ2v) is 8.19. The fourth-order valence-electron chi connectivity index (χ4n) is 3.96. The summed E-state index contributed by atoms with van der Waals surface area (Å²) in [7, 11) is 0. The smallest absolute Gasteiger partial charge is 0.423 e. The van der Waals surface area contributed by atoms with Gasteiger partial charge in [-0.1, -0.05) is 18.2 Å². The van der Waals surface area contributed by atoms with Crippen molar-refractivity contribution in [2.45, 2.75) is 17.9 Å². The molecule has 1 aromatic heterocycles. The highest BCUT2D eigenvalue weighted by molar-refractivity contribution is 6.00. The number of nitro benzene ring substituents is 1. The molecule has 2 amide bonds. The lowest BCUT2D eigenvalue weighted by atomic mass is 9.77. The van der Waals surface area contributed by atoms with Crippen molar-refractivity contribution >= 4 is 23.5 Å². The Balaban J connectivity index is 1.65. The summed E-state index contributed by atoms with van der Waals surface area (Å²) in [6.07, 6.45) is -3.10. The normalized spacial score (nSPS) is 21.1. The maximum Gasteiger partial charge on any atom is 0.437 e. The van der Waals surface area contributed by atoms with Gasteiger partial charge in [-0.05, 0) is 35.9 Å². The molecule has 1 aliphatic rings. The van der Waals surface area contributed by atoms with Gasteiger partial charge in [-0.25, -0.2) is 9.59 Å². The number of aliphatic hydroxyl groups is 1. The third kappa shape index (κ3) is 5.01. The number of hydrogen-bond acceptors (Lipinski definition) is 8. The monoisotopic (exact) mass is 530 g/mol. The minimum absolute atomic E-state index is 0.0140. The fourth-order valence-corrected chi connectivity index (χ4v) is 3.96. The SMILES string of the molecule is O=C1NC(c2ccc(OC(=O)c3cccc([N+](=O)[O-])c3)cc2)C(C(=O)c2cccnc2)C(O)(C(F)(F)F)N1. The maximum absolute atomic E-state index is 14.0. The van der Waals surface area contributed by atoms with E-state index < -0.39 is 46.6 Å². The van der Waals surface area contributed by atoms with Crippen LogP contribution in [-0.4, -0.2) is 44.7 Å². The number of carbonyl (C=O) groups is 3. The van der Waals surface area contributed by atoms with Gasteiger partial charge in [0, 0.05) is 30.1 Å². The number of nitrogens with one attached hydrogen (secondary N) is 2. The number of benzene rings is 2. The first-order valence-corrected chi connectivity index (χ1v) is 10.8. The van der Waals surface area contributed by atoms with Crippen molar-refractivity contribution in [2.24, 2.45) is 5.92 Å². The van der Waals surface area contributed by atoms with E-state index in [1.165, 1.54) is 66.1 Å². The number of alkyl halides is 3. The van der Waals surface area contributed by atoms with Crippen molar-refractivity contribution in [3.05, 3.63) is 99.9 Å². The lowest BCUT2D eigenvalue weighted by Crippen LogP contribution is -2.72. The number of urea groups is 1. The summed E-state index contributed by atoms with van der Waals surface area (Å²) in [4.78, 5) is 51.7. The molecule has 3 unspecified atom stereocenters. The fraction of sp³-hybridized carbons (Fsp3) is 0.167. The molecule has 196 valence electrons. The Morgan fingerprint density at radius 3 is 2.37 bits per heavy atom. The van der Waals surface area contributed by atoms with Gasteiger partial charge in [0.25, 0.3) is 5.69 Å². The Morgan fingerprint density at radius 2 is 1.76 bits per heavy atom. The van der Waals surface area contributed by atoms with Gasteiger partial charge in [0.15, 0.2) is 5.78 Å². The van der Waals surface area contributed by atoms with Gasteiger partial charge >= 0.3 is 18.2 Å². The Bertz CT molecular complexity index is 1400. The first kappa shape index (κ1) is 26.2. The molecule has 11 nitrogen and oxygen atoms in total. The molecule has 1 aliphatic heterocycles. The number of non-ortho nitro benzene ring substituents is 1. The number of hydrogen-bond donors (Lipinski definition) is 3. The van der Waals surface area contributed by atoms with E-state index in [1.54, 1.807) is 0 Å². The number of Topliss-reactive ketones (excluding diaryl/α,β-unsaturated/α-hetero) is 1. The minimum atomic E-state index is -5.43. The molecule has 1 fully saturated rings. The standard InChI is InChI=1S/C24H17F3N4O7/c25-24(26,27)23(35)18(20(32)15-4-2-10-28-12-15)19(29-22(34)30-23)13-6-8-17(9-7-13)38-21(33)14-3-1-5-16(11-14)31(36)37/h1-12,18-19,35H,(H2,29,30,34). The second kappa shape index (κ2) is 9.89. The molecule has 0 radical (unpaired) electrons. The van der Waals surface area contributed by atoms with Gasteiger partial charge in [0.1, 0.15) is 11.7 Å². The molecule has 2 aromatic carbocycles. The van der Waals surface area contributed by atoms with Crippen LogP contribution in [0, 0.1) is 16.0 Å². The van der Waals surface area contributed by atoms with E-state index >= 15 is 0 Å². The highest BCUT2D eigenvalue weighted by Gasteiger charge is 2.66. The van der Waals surface area contributed by atoms with Gasteiger partial charge in [-0.15, -0.1) is 0 Å². The zero-order valence-corrected chi connectivity index (χ0v) is 19.0. The van der Waals surface area contributed by atoms with Crippen molar-refractivity contribution in [2.75, 3.05) is 0 Å². The predicted molar refractivity (Wildman–Crippen MR) is 122 cm³/mol. The molecule has 38 heavy (non-hydrogen) atoms. The number of amides is 2. The molecule has 3 atom stereocenters. The topological polar surface area (TPSA) is 161 Å². The molecule has 1 saturated heterocycles. The number of nitrogens with zero attached hydrogens (tertiary/aromatic N) is 2. The Kier molecular flexibility index (Phi) is 6.83. The average molecular weight is 530 g/mol. The first-order valence-electron chi connectivity index (χ1n) is 10.8. The summed E-state index contributed by atoms with van der Waals surface area (Å²) in [6, 6.07) is 9.09. The second-order valence-electron chi connectivity index (χ2n) is 8.19. The van der Waals surface area contributed by atoms with Crippen LogP contribution < -0.4 is 15.4 Å². The highest BCUT2D eigenvalue weighted by atomic mass is 19.4. The quantitative estimate of drug-likeness (QED) is 0.144. The van der Waals surface area contributed by atoms with Gasteiger partial charge in [-0.2, -0.15) is 13.2 Å². The summed E-state index contributed by atoms with van der Waals surface area (Å²) >= 11 is 0. The van der Waals surface area contributed by atoms with E-state index in [4.69, 9.17) is 4.74 Å². The van der Waals surface area contributed by atoms with Crippen LogP contribution in [0.15, 0.2) is 73.1 Å². The van der Waals surface area contributed by atoms with Crippen LogP contribution in [-0.2, 0) is 0 Å². The number of carbonyl (C=O) groups excluding carboxylic acids is 3. The molecule has 4 rings (SSSR count). The molecule has 3 N–H and O–H groups in total. The van der Waals surface area contributed by atoms with Crippen molar-refractivity contribution in [1.29, 1.82) is 0 Å². The van der Waals surface area contributed by atoms with Gasteiger partial charge in [0.05, 0.1) is 16.5 Å². The largest absolute Gasteiger partial charge is 0.437 e. The van der Waals surface area contributed by atoms with Crippen LogP contribution >= 0.6 is 0 Å². The van der Waals surface area contributed by atoms with Crippen LogP contribution in [0.2, 0.25) is 0 Å². The van der Waals surface area contributed by atoms with E-state index in [-0.39, 0.29) is 28.1 Å². The maximum atomic E-state index is 14.0. The van der Waals surface area contributed by atoms with E-state index in [2.05, 4.69) is 10.3 Å². The van der Waals surface area contributed by atoms with Crippen LogP contribution in [0.3, 0.4) is 0 Å². The van der Waals surface area contributed by atoms with Crippen molar-refractivity contribution in [3.8, 4) is 5.75 Å². The summed E-state index contributed by atoms with van der Waals surface area (Å²) in [5.41, 5.74) is -4.62. The minimum Gasteiger partial charge on any atom is -0.423 e. The number of esters is 1. The third-order valence-corrected chi connectivity index (χ3v) is 5.78. The number of ketones is 1. The Hall–Kier alpha value is -4.85. The Labute approximate surface area is 211 Å². The van der Waals surface area contributed by atoms with E-state index in [1.807, 2.05) is 0 Å². The molecule has 0 aliphatic carbocycles. The summed E-state index contributed by atoms with van der Waals surface area (Å²) < 4.78 is 47.2. The van der Waals surface area contributed by atoms with Crippen molar-refractivity contribution in [1.82, 2.24) is 15.6 Å². The van der Waals surface area contributed by atoms with Crippen LogP contribution in [0.1, 0.15) is 32.3 Å². The molecule has 14 heteroatoms. The first-order chi connectivity index (χ1) is 17.9. The summed E-state index contributed by atoms with van der Waals surface area (Å²) in [5, 5.41) is 25.2. The Morgan fingerprint density at radius 1 is 1.08 bits per heavy atom. The number of ether oxygens (including phenoxy) is 1. The molecule has 0 saturated carbocycles. The van der Waals surface area contributed by atoms with Gasteiger partial charge < -0.3 is 20.5 Å². The van der Waals surface area contributed by atoms with Crippen molar-refractivity contribution in [3.63, 3.8) is 0 Å². The zero-order valence-electron chi connectivity index (χ0n) is 19.0. The van der Waals surface area contributed by atoms with E-state index in [0.717, 1.165) is 12.3 Å². The van der Waals surface area contributed by atoms with Crippen LogP contribution in [0.25, 0.3) is 0 Å². The number of nitro groups is 1. The molecule has 0 bridgehead atoms. The third-order valence-electron chi connectivity index (χ3n) is 5.78. The molecular formula is C24H17F3N4O7. The van der Waals surface area contributed by atoms with E-state index in [9.17, 15) is 42.8 Å². The van der Waals surface area contributed by atoms with Crippen LogP contribution in [0.5, 0.6) is 5.75 Å². The molecular weight excluding hydrogens is 513 g/mol. The van der Waals surface area contributed by atoms with Gasteiger partial charge in [-0.3, -0.25) is 19.9 Å². The molecule has 0 spiro atoms. The summed E-state index contributed by atoms with van der Waals surface area (Å²) in [6.45, 7) is 0. The predicted octanol–water partition coefficient (Wildman–Crippen LogP) is 3.31. The van der Waals surface area contributed by atoms with E-state index in [0.29, 0.717) is 0 Å². The number of aromatic nitrogens is 1. The molecule has 2 heterocycles. The highest BCUT2D eigenvalue weighted by Crippen LogP contribution is 2.44. The average Bonchev–Trinajstić information content (AvgIpc) is 2.88. The lowest BCUT2D eigenvalue weighted by molar-refractivity contribution is -0.384. The number of rotatable bonds is 6. The summed E-state index contributed by atoms with van der Waals surface area (Å²) in [5.74, 6) is -4.42. The number of pyridine rings is 1. The van der Waals surface area contributed by atoms with Gasteiger partial charge in [0.2, 0.25) is 5.72 Å². The molecule has 3 aromatic rings. The van der Waals surface area contributed by atoms with Crippen molar-refractivity contribution < 1.29 is 42.3 Å². The van der Waals surface area contributed by atoms with Crippen LogP contribution in [0.4, 0.5) is 23.7 Å². The number of halogens is 3.